The summed E-state index contributed by atoms with van der Waals surface area (Å²) in [6.45, 7) is 4.55. The van der Waals surface area contributed by atoms with Gasteiger partial charge in [-0.05, 0) is 91.3 Å². The molecule has 1 saturated carbocycles. The number of urea groups is 1. The topological polar surface area (TPSA) is 78.9 Å². The van der Waals surface area contributed by atoms with Crippen LogP contribution in [0.25, 0.3) is 11.1 Å². The molecule has 0 aromatic heterocycles. The van der Waals surface area contributed by atoms with Gasteiger partial charge in [0, 0.05) is 12.1 Å². The second-order valence-corrected chi connectivity index (χ2v) is 10.6. The van der Waals surface area contributed by atoms with Gasteiger partial charge < -0.3 is 15.2 Å². The third-order valence-electron chi connectivity index (χ3n) is 7.93. The number of rotatable bonds is 6. The number of carboxylic acid groups (broad SMARTS) is 1. The van der Waals surface area contributed by atoms with Crippen LogP contribution in [0.4, 0.5) is 16.2 Å². The van der Waals surface area contributed by atoms with Crippen molar-refractivity contribution in [3.05, 3.63) is 77.9 Å². The molecule has 1 heterocycles. The number of carbonyl (C=O) groups excluding carboxylic acids is 1. The lowest BCUT2D eigenvalue weighted by Crippen LogP contribution is -2.44. The molecule has 2 aliphatic rings. The fourth-order valence-electron chi connectivity index (χ4n) is 5.84. The lowest BCUT2D eigenvalue weighted by Gasteiger charge is -2.34. The zero-order valence-electron chi connectivity index (χ0n) is 22.2. The van der Waals surface area contributed by atoms with E-state index in [-0.39, 0.29) is 18.6 Å². The monoisotopic (exact) mass is 512 g/mol. The molecule has 1 atom stereocenters. The highest BCUT2D eigenvalue weighted by Crippen LogP contribution is 2.40. The van der Waals surface area contributed by atoms with Gasteiger partial charge in [0.2, 0.25) is 0 Å². The van der Waals surface area contributed by atoms with E-state index in [4.69, 9.17) is 9.84 Å². The van der Waals surface area contributed by atoms with E-state index < -0.39 is 5.97 Å². The van der Waals surface area contributed by atoms with E-state index in [1.807, 2.05) is 49.4 Å². The van der Waals surface area contributed by atoms with Gasteiger partial charge in [-0.15, -0.1) is 0 Å². The first-order chi connectivity index (χ1) is 18.4. The predicted molar refractivity (Wildman–Crippen MR) is 151 cm³/mol. The normalized spacial score (nSPS) is 20.8. The van der Waals surface area contributed by atoms with Crippen LogP contribution in [0.15, 0.2) is 66.7 Å². The number of aryl methyl sites for hydroxylation is 1. The van der Waals surface area contributed by atoms with E-state index in [0.717, 1.165) is 60.2 Å². The van der Waals surface area contributed by atoms with Crippen LogP contribution >= 0.6 is 0 Å². The van der Waals surface area contributed by atoms with Gasteiger partial charge in [0.05, 0.1) is 12.2 Å². The fraction of sp³-hybridized carbons (Fsp3) is 0.375. The molecule has 2 amide bonds. The maximum absolute atomic E-state index is 13.3. The number of amides is 2. The van der Waals surface area contributed by atoms with E-state index in [0.29, 0.717) is 24.1 Å². The quantitative estimate of drug-likeness (QED) is 0.359. The number of nitrogens with zero attached hydrogens (tertiary/aromatic N) is 1. The van der Waals surface area contributed by atoms with Crippen LogP contribution in [0, 0.1) is 5.92 Å². The highest BCUT2D eigenvalue weighted by atomic mass is 16.5. The van der Waals surface area contributed by atoms with Crippen LogP contribution in [-0.2, 0) is 11.2 Å². The summed E-state index contributed by atoms with van der Waals surface area (Å²) in [5, 5.41) is 12.2. The first-order valence-electron chi connectivity index (χ1n) is 13.7. The number of anilines is 2. The molecule has 1 aliphatic heterocycles. The second kappa shape index (κ2) is 11.3. The highest BCUT2D eigenvalue weighted by molar-refractivity contribution is 6.03. The molecule has 1 aliphatic carbocycles. The van der Waals surface area contributed by atoms with Gasteiger partial charge in [-0.25, -0.2) is 4.79 Å². The van der Waals surface area contributed by atoms with Gasteiger partial charge in [0.25, 0.3) is 0 Å². The first-order valence-corrected chi connectivity index (χ1v) is 13.7. The Balaban J connectivity index is 1.30. The Labute approximate surface area is 224 Å². The van der Waals surface area contributed by atoms with Gasteiger partial charge in [-0.1, -0.05) is 55.5 Å². The molecule has 1 fully saturated rings. The number of hydrogen-bond donors (Lipinski definition) is 2. The molecule has 5 rings (SSSR count). The number of ether oxygens (including phenoxy) is 1. The zero-order valence-corrected chi connectivity index (χ0v) is 22.2. The maximum Gasteiger partial charge on any atom is 0.326 e. The third kappa shape index (κ3) is 5.69. The van der Waals surface area contributed by atoms with Gasteiger partial charge in [-0.3, -0.25) is 9.69 Å². The van der Waals surface area contributed by atoms with E-state index >= 15 is 0 Å². The zero-order chi connectivity index (χ0) is 26.6. The SMILES string of the molecule is CCc1ccccc1NC(=O)N1C[C@H](C)Oc2cc(-c3ccc(C4CCC(CC(=O)O)CC4)cc3)ccc21. The summed E-state index contributed by atoms with van der Waals surface area (Å²) >= 11 is 0. The minimum atomic E-state index is -0.688. The summed E-state index contributed by atoms with van der Waals surface area (Å²) < 4.78 is 6.16. The van der Waals surface area contributed by atoms with Crippen LogP contribution in [0.2, 0.25) is 0 Å². The largest absolute Gasteiger partial charge is 0.487 e. The molecule has 3 aromatic carbocycles. The molecule has 0 unspecified atom stereocenters. The molecule has 6 heteroatoms. The average Bonchev–Trinajstić information content (AvgIpc) is 2.92. The van der Waals surface area contributed by atoms with Crippen LogP contribution in [-0.4, -0.2) is 29.8 Å². The third-order valence-corrected chi connectivity index (χ3v) is 7.93. The van der Waals surface area contributed by atoms with Crippen LogP contribution < -0.4 is 15.0 Å². The van der Waals surface area contributed by atoms with E-state index in [1.165, 1.54) is 5.56 Å². The van der Waals surface area contributed by atoms with Crippen molar-refractivity contribution in [2.45, 2.75) is 64.4 Å². The molecule has 38 heavy (non-hydrogen) atoms. The molecule has 0 spiro atoms. The van der Waals surface area contributed by atoms with Crippen molar-refractivity contribution >= 4 is 23.4 Å². The number of para-hydroxylation sites is 1. The van der Waals surface area contributed by atoms with Crippen LogP contribution in [0.5, 0.6) is 5.75 Å². The molecule has 0 bridgehead atoms. The summed E-state index contributed by atoms with van der Waals surface area (Å²) in [7, 11) is 0. The molecular formula is C32H36N2O4. The summed E-state index contributed by atoms with van der Waals surface area (Å²) in [4.78, 5) is 26.1. The van der Waals surface area contributed by atoms with Crippen molar-refractivity contribution < 1.29 is 19.4 Å². The molecule has 6 nitrogen and oxygen atoms in total. The summed E-state index contributed by atoms with van der Waals surface area (Å²) in [5.74, 6) is 0.823. The van der Waals surface area contributed by atoms with Gasteiger partial charge >= 0.3 is 12.0 Å². The van der Waals surface area contributed by atoms with Crippen molar-refractivity contribution in [1.29, 1.82) is 0 Å². The fourth-order valence-corrected chi connectivity index (χ4v) is 5.84. The maximum atomic E-state index is 13.3. The van der Waals surface area contributed by atoms with Crippen molar-refractivity contribution in [2.75, 3.05) is 16.8 Å². The Kier molecular flexibility index (Phi) is 7.68. The standard InChI is InChI=1S/C32H36N2O4/c1-3-23-6-4-5-7-28(23)33-32(37)34-20-21(2)38-30-19-27(16-17-29(30)34)26-14-12-25(13-15-26)24-10-8-22(9-11-24)18-31(35)36/h4-7,12-17,19,21-22,24H,3,8-11,18,20H2,1-2H3,(H,33,37)(H,35,36)/t21-,22?,24?/m0/s1. The van der Waals surface area contributed by atoms with E-state index in [2.05, 4.69) is 36.5 Å². The number of hydrogen-bond acceptors (Lipinski definition) is 3. The number of carboxylic acids is 1. The number of carbonyl (C=O) groups is 2. The lowest BCUT2D eigenvalue weighted by molar-refractivity contribution is -0.138. The minimum Gasteiger partial charge on any atom is -0.487 e. The van der Waals surface area contributed by atoms with Gasteiger partial charge in [0.1, 0.15) is 11.9 Å². The minimum absolute atomic E-state index is 0.122. The van der Waals surface area contributed by atoms with Crippen molar-refractivity contribution in [2.24, 2.45) is 5.92 Å². The van der Waals surface area contributed by atoms with Gasteiger partial charge in [-0.2, -0.15) is 0 Å². The van der Waals surface area contributed by atoms with Gasteiger partial charge in [0.15, 0.2) is 0 Å². The van der Waals surface area contributed by atoms with E-state index in [1.54, 1.807) is 4.90 Å². The molecule has 2 N–H and O–H groups in total. The Morgan fingerprint density at radius 1 is 0.974 bits per heavy atom. The molecule has 0 radical (unpaired) electrons. The second-order valence-electron chi connectivity index (χ2n) is 10.6. The van der Waals surface area contributed by atoms with Crippen molar-refractivity contribution in [3.63, 3.8) is 0 Å². The number of nitrogens with one attached hydrogen (secondary N) is 1. The first kappa shape index (κ1) is 25.8. The molecule has 198 valence electrons. The van der Waals surface area contributed by atoms with Crippen LogP contribution in [0.1, 0.15) is 63.0 Å². The predicted octanol–water partition coefficient (Wildman–Crippen LogP) is 7.48. The van der Waals surface area contributed by atoms with Crippen LogP contribution in [0.3, 0.4) is 0 Å². The van der Waals surface area contributed by atoms with Crippen molar-refractivity contribution in [1.82, 2.24) is 0 Å². The Hall–Kier alpha value is -3.80. The number of fused-ring (bicyclic) bond motifs is 1. The van der Waals surface area contributed by atoms with Crippen molar-refractivity contribution in [3.8, 4) is 16.9 Å². The Morgan fingerprint density at radius 3 is 2.39 bits per heavy atom. The number of aliphatic carboxylic acids is 1. The summed E-state index contributed by atoms with van der Waals surface area (Å²) in [6.07, 6.45) is 5.06. The average molecular weight is 513 g/mol. The molecule has 3 aromatic rings. The van der Waals surface area contributed by atoms with E-state index in [9.17, 15) is 9.59 Å². The summed E-state index contributed by atoms with van der Waals surface area (Å²) in [5.41, 5.74) is 6.19. The Bertz CT molecular complexity index is 1300. The smallest absolute Gasteiger partial charge is 0.326 e. The Morgan fingerprint density at radius 2 is 1.68 bits per heavy atom. The number of benzene rings is 3. The molecule has 0 saturated heterocycles. The highest BCUT2D eigenvalue weighted by Gasteiger charge is 2.29. The molecular weight excluding hydrogens is 476 g/mol. The summed E-state index contributed by atoms with van der Waals surface area (Å²) in [6, 6.07) is 22.5. The lowest BCUT2D eigenvalue weighted by atomic mass is 9.77.